The Balaban J connectivity index is 1.24. The van der Waals surface area contributed by atoms with Gasteiger partial charge in [-0.25, -0.2) is 9.37 Å². The highest BCUT2D eigenvalue weighted by atomic mass is 35.5. The molecule has 0 unspecified atom stereocenters. The molecular formula is C19H15ClF4N2O3S. The lowest BCUT2D eigenvalue weighted by Gasteiger charge is -2.70. The zero-order valence-electron chi connectivity index (χ0n) is 15.3. The minimum atomic E-state index is -4.58. The summed E-state index contributed by atoms with van der Waals surface area (Å²) in [6.07, 6.45) is -1.65. The Bertz CT molecular complexity index is 1000. The first-order chi connectivity index (χ1) is 14.0. The predicted octanol–water partition coefficient (Wildman–Crippen LogP) is 4.65. The molecule has 3 aliphatic rings. The monoisotopic (exact) mass is 462 g/mol. The lowest BCUT2D eigenvalue weighted by Crippen LogP contribution is -2.75. The molecule has 1 amide bonds. The summed E-state index contributed by atoms with van der Waals surface area (Å²) in [6.45, 7) is -0.205. The van der Waals surface area contributed by atoms with Crippen LogP contribution in [0.5, 0.6) is 5.75 Å². The molecule has 5 rings (SSSR count). The quantitative estimate of drug-likeness (QED) is 0.608. The number of ketones is 1. The van der Waals surface area contributed by atoms with Gasteiger partial charge < -0.3 is 10.1 Å². The molecular weight excluding hydrogens is 448 g/mol. The van der Waals surface area contributed by atoms with Crippen LogP contribution in [0.25, 0.3) is 0 Å². The second-order valence-electron chi connectivity index (χ2n) is 7.87. The minimum Gasteiger partial charge on any atom is -0.486 e. The number of nitrogens with one attached hydrogen (secondary N) is 1. The summed E-state index contributed by atoms with van der Waals surface area (Å²) in [5.41, 5.74) is -0.691. The van der Waals surface area contributed by atoms with Crippen LogP contribution in [0.3, 0.4) is 0 Å². The van der Waals surface area contributed by atoms with E-state index in [9.17, 15) is 27.2 Å². The summed E-state index contributed by atoms with van der Waals surface area (Å²) >= 11 is 5.89. The summed E-state index contributed by atoms with van der Waals surface area (Å²) in [5.74, 6) is -1.17. The number of rotatable bonds is 7. The topological polar surface area (TPSA) is 68.3 Å². The van der Waals surface area contributed by atoms with E-state index in [1.807, 2.05) is 0 Å². The molecule has 3 saturated carbocycles. The van der Waals surface area contributed by atoms with Gasteiger partial charge in [0.1, 0.15) is 23.1 Å². The summed E-state index contributed by atoms with van der Waals surface area (Å²) in [7, 11) is 0. The number of nitrogens with zero attached hydrogens (tertiary/aromatic N) is 1. The Morgan fingerprint density at radius 1 is 1.27 bits per heavy atom. The lowest BCUT2D eigenvalue weighted by molar-refractivity contribution is -0.162. The fourth-order valence-electron chi connectivity index (χ4n) is 4.33. The highest BCUT2D eigenvalue weighted by Crippen LogP contribution is 2.69. The predicted molar refractivity (Wildman–Crippen MR) is 100 cm³/mol. The van der Waals surface area contributed by atoms with Crippen molar-refractivity contribution in [2.24, 2.45) is 5.41 Å². The maximum atomic E-state index is 13.4. The molecule has 0 radical (unpaired) electrons. The van der Waals surface area contributed by atoms with Crippen molar-refractivity contribution in [1.29, 1.82) is 0 Å². The third-order valence-corrected chi connectivity index (χ3v) is 6.70. The molecule has 0 aliphatic heterocycles. The van der Waals surface area contributed by atoms with Crippen LogP contribution in [-0.4, -0.2) is 28.8 Å². The van der Waals surface area contributed by atoms with Crippen molar-refractivity contribution in [3.8, 4) is 5.75 Å². The van der Waals surface area contributed by atoms with Crippen LogP contribution in [-0.2, 0) is 11.0 Å². The van der Waals surface area contributed by atoms with Crippen molar-refractivity contribution in [2.45, 2.75) is 37.4 Å². The largest absolute Gasteiger partial charge is 0.486 e. The molecule has 5 nitrogen and oxygen atoms in total. The van der Waals surface area contributed by atoms with Gasteiger partial charge in [-0.05, 0) is 36.8 Å². The number of carbonyl (C=O) groups is 2. The molecule has 1 heterocycles. The SMILES string of the molecule is O=C(COc1ccc(Cl)c(F)c1)CC12CC(NC(=O)c3cnc(C(F)(F)F)s3)(C1)C2. The fourth-order valence-corrected chi connectivity index (χ4v) is 5.13. The summed E-state index contributed by atoms with van der Waals surface area (Å²) in [6, 6.07) is 3.91. The first kappa shape index (κ1) is 21.0. The van der Waals surface area contributed by atoms with Crippen LogP contribution in [0.4, 0.5) is 17.6 Å². The van der Waals surface area contributed by atoms with E-state index < -0.39 is 28.4 Å². The number of thiazole rings is 1. The molecule has 0 atom stereocenters. The van der Waals surface area contributed by atoms with Crippen molar-refractivity contribution >= 4 is 34.6 Å². The number of Topliss-reactive ketones (excluding diaryl/α,β-unsaturated/α-hetero) is 1. The number of benzene rings is 1. The normalized spacial score (nSPS) is 24.6. The van der Waals surface area contributed by atoms with Crippen molar-refractivity contribution in [2.75, 3.05) is 6.61 Å². The number of ether oxygens (including phenoxy) is 1. The fraction of sp³-hybridized carbons (Fsp3) is 0.421. The van der Waals surface area contributed by atoms with E-state index in [0.29, 0.717) is 30.6 Å². The number of aromatic nitrogens is 1. The van der Waals surface area contributed by atoms with Crippen molar-refractivity contribution in [3.05, 3.63) is 45.1 Å². The van der Waals surface area contributed by atoms with Crippen molar-refractivity contribution in [1.82, 2.24) is 10.3 Å². The maximum Gasteiger partial charge on any atom is 0.443 e. The summed E-state index contributed by atoms with van der Waals surface area (Å²) in [5, 5.41) is 1.67. The number of amides is 1. The third-order valence-electron chi connectivity index (χ3n) is 5.35. The van der Waals surface area contributed by atoms with Gasteiger partial charge in [0.2, 0.25) is 0 Å². The molecule has 1 aromatic heterocycles. The van der Waals surface area contributed by atoms with Crippen LogP contribution in [0, 0.1) is 11.2 Å². The summed E-state index contributed by atoms with van der Waals surface area (Å²) in [4.78, 5) is 27.6. The van der Waals surface area contributed by atoms with Gasteiger partial charge in [-0.2, -0.15) is 13.2 Å². The second-order valence-corrected chi connectivity index (χ2v) is 9.31. The van der Waals surface area contributed by atoms with Gasteiger partial charge in [-0.3, -0.25) is 9.59 Å². The highest BCUT2D eigenvalue weighted by Gasteiger charge is 2.68. The van der Waals surface area contributed by atoms with Gasteiger partial charge in [0, 0.05) is 18.0 Å². The number of halogens is 5. The van der Waals surface area contributed by atoms with E-state index in [0.717, 1.165) is 12.3 Å². The Kier molecular flexibility index (Phi) is 5.05. The van der Waals surface area contributed by atoms with E-state index in [1.54, 1.807) is 0 Å². The van der Waals surface area contributed by atoms with Crippen LogP contribution >= 0.6 is 22.9 Å². The second kappa shape index (κ2) is 7.19. The number of hydrogen-bond acceptors (Lipinski definition) is 5. The molecule has 2 aromatic rings. The van der Waals surface area contributed by atoms with Crippen LogP contribution < -0.4 is 10.1 Å². The van der Waals surface area contributed by atoms with Gasteiger partial charge in [-0.15, -0.1) is 11.3 Å². The molecule has 11 heteroatoms. The van der Waals surface area contributed by atoms with E-state index in [4.69, 9.17) is 16.3 Å². The average Bonchev–Trinajstić information content (AvgIpc) is 3.10. The molecule has 160 valence electrons. The van der Waals surface area contributed by atoms with Crippen molar-refractivity contribution in [3.63, 3.8) is 0 Å². The smallest absolute Gasteiger partial charge is 0.443 e. The lowest BCUT2D eigenvalue weighted by atomic mass is 9.38. The van der Waals surface area contributed by atoms with E-state index in [2.05, 4.69) is 10.3 Å². The third kappa shape index (κ3) is 4.02. The molecule has 3 aliphatic carbocycles. The molecule has 2 bridgehead atoms. The van der Waals surface area contributed by atoms with Crippen LogP contribution in [0.1, 0.15) is 40.4 Å². The molecule has 0 spiro atoms. The van der Waals surface area contributed by atoms with E-state index in [1.165, 1.54) is 12.1 Å². The Morgan fingerprint density at radius 2 is 1.97 bits per heavy atom. The van der Waals surface area contributed by atoms with Gasteiger partial charge in [-0.1, -0.05) is 11.6 Å². The number of alkyl halides is 3. The first-order valence-electron chi connectivity index (χ1n) is 8.94. The van der Waals surface area contributed by atoms with E-state index in [-0.39, 0.29) is 39.9 Å². The average molecular weight is 463 g/mol. The molecule has 0 saturated heterocycles. The Hall–Kier alpha value is -2.20. The van der Waals surface area contributed by atoms with Crippen molar-refractivity contribution < 1.29 is 31.9 Å². The van der Waals surface area contributed by atoms with Crippen LogP contribution in [0.2, 0.25) is 5.02 Å². The molecule has 1 N–H and O–H groups in total. The van der Waals surface area contributed by atoms with Gasteiger partial charge in [0.15, 0.2) is 10.8 Å². The minimum absolute atomic E-state index is 0.0390. The zero-order chi connectivity index (χ0) is 21.7. The van der Waals surface area contributed by atoms with Crippen LogP contribution in [0.15, 0.2) is 24.4 Å². The van der Waals surface area contributed by atoms with Gasteiger partial charge >= 0.3 is 6.18 Å². The maximum absolute atomic E-state index is 13.4. The molecule has 30 heavy (non-hydrogen) atoms. The number of carbonyl (C=O) groups excluding carboxylic acids is 2. The summed E-state index contributed by atoms with van der Waals surface area (Å²) < 4.78 is 56.5. The molecule has 3 fully saturated rings. The van der Waals surface area contributed by atoms with Gasteiger partial charge in [0.25, 0.3) is 5.91 Å². The number of hydrogen-bond donors (Lipinski definition) is 1. The van der Waals surface area contributed by atoms with E-state index >= 15 is 0 Å². The molecule has 1 aromatic carbocycles. The standard InChI is InChI=1S/C19H15ClF4N2O3S/c20-12-2-1-11(3-13(12)21)29-6-10(27)4-17-7-18(8-17,9-17)26-15(28)14-5-25-16(30-14)19(22,23)24/h1-3,5H,4,6-9H2,(H,26,28). The van der Waals surface area contributed by atoms with Gasteiger partial charge in [0.05, 0.1) is 11.2 Å². The highest BCUT2D eigenvalue weighted by molar-refractivity contribution is 7.13. The Morgan fingerprint density at radius 3 is 2.57 bits per heavy atom. The first-order valence-corrected chi connectivity index (χ1v) is 10.1. The Labute approximate surface area is 177 Å². The zero-order valence-corrected chi connectivity index (χ0v) is 16.9.